The van der Waals surface area contributed by atoms with Crippen molar-refractivity contribution in [1.29, 1.82) is 0 Å². The summed E-state index contributed by atoms with van der Waals surface area (Å²) in [6.45, 7) is 0. The Morgan fingerprint density at radius 3 is 2.30 bits per heavy atom. The molecule has 0 bridgehead atoms. The number of benzene rings is 2. The molecule has 0 amide bonds. The van der Waals surface area contributed by atoms with Crippen LogP contribution < -0.4 is 10.1 Å². The second kappa shape index (κ2) is 7.07. The first-order valence-corrected chi connectivity index (χ1v) is 8.40. The summed E-state index contributed by atoms with van der Waals surface area (Å²) >= 11 is 10.6. The average molecular weight is 464 g/mol. The molecule has 1 unspecified atom stereocenters. The standard InChI is InChI=1S/C15H14Br3NO/c1-19-15(11-5-4-10(16)8-12(11)17)9-3-6-14(20-2)13(18)7-9/h3-8,15,19H,1-2H3. The van der Waals surface area contributed by atoms with Gasteiger partial charge in [-0.05, 0) is 58.4 Å². The molecule has 2 rings (SSSR count). The Morgan fingerprint density at radius 1 is 1.00 bits per heavy atom. The number of methoxy groups -OCH3 is 1. The van der Waals surface area contributed by atoms with Crippen LogP contribution in [-0.2, 0) is 0 Å². The first-order chi connectivity index (χ1) is 9.56. The van der Waals surface area contributed by atoms with Gasteiger partial charge in [0.25, 0.3) is 0 Å². The van der Waals surface area contributed by atoms with Gasteiger partial charge >= 0.3 is 0 Å². The maximum atomic E-state index is 5.28. The molecule has 2 aromatic rings. The van der Waals surface area contributed by atoms with Gasteiger partial charge in [0, 0.05) is 8.95 Å². The normalized spacial score (nSPS) is 12.2. The molecule has 0 heterocycles. The monoisotopic (exact) mass is 461 g/mol. The first kappa shape index (κ1) is 16.0. The summed E-state index contributed by atoms with van der Waals surface area (Å²) in [5.41, 5.74) is 2.36. The van der Waals surface area contributed by atoms with Crippen LogP contribution in [0.15, 0.2) is 49.8 Å². The van der Waals surface area contributed by atoms with Gasteiger partial charge in [0.2, 0.25) is 0 Å². The molecule has 0 aliphatic heterocycles. The molecule has 5 heteroatoms. The van der Waals surface area contributed by atoms with Gasteiger partial charge in [-0.2, -0.15) is 0 Å². The van der Waals surface area contributed by atoms with Crippen LogP contribution in [0.3, 0.4) is 0 Å². The van der Waals surface area contributed by atoms with Gasteiger partial charge in [0.05, 0.1) is 17.6 Å². The van der Waals surface area contributed by atoms with E-state index < -0.39 is 0 Å². The van der Waals surface area contributed by atoms with Gasteiger partial charge in [0.15, 0.2) is 0 Å². The van der Waals surface area contributed by atoms with Crippen molar-refractivity contribution in [3.05, 3.63) is 60.9 Å². The van der Waals surface area contributed by atoms with Crippen LogP contribution in [0.25, 0.3) is 0 Å². The zero-order chi connectivity index (χ0) is 14.7. The van der Waals surface area contributed by atoms with Crippen molar-refractivity contribution in [1.82, 2.24) is 5.32 Å². The lowest BCUT2D eigenvalue weighted by Gasteiger charge is -2.20. The molecule has 2 nitrogen and oxygen atoms in total. The zero-order valence-corrected chi connectivity index (χ0v) is 15.8. The number of hydrogen-bond donors (Lipinski definition) is 1. The summed E-state index contributed by atoms with van der Waals surface area (Å²) in [6.07, 6.45) is 0. The Morgan fingerprint density at radius 2 is 1.75 bits per heavy atom. The lowest BCUT2D eigenvalue weighted by molar-refractivity contribution is 0.412. The predicted octanol–water partition coefficient (Wildman–Crippen LogP) is 5.29. The summed E-state index contributed by atoms with van der Waals surface area (Å²) in [5.74, 6) is 0.832. The van der Waals surface area contributed by atoms with E-state index in [-0.39, 0.29) is 6.04 Å². The predicted molar refractivity (Wildman–Crippen MR) is 93.4 cm³/mol. The van der Waals surface area contributed by atoms with Crippen LogP contribution in [-0.4, -0.2) is 14.2 Å². The Balaban J connectivity index is 2.44. The van der Waals surface area contributed by atoms with Crippen molar-refractivity contribution in [3.63, 3.8) is 0 Å². The van der Waals surface area contributed by atoms with Crippen LogP contribution in [0.1, 0.15) is 17.2 Å². The highest BCUT2D eigenvalue weighted by Crippen LogP contribution is 2.34. The van der Waals surface area contributed by atoms with Crippen LogP contribution in [0.5, 0.6) is 5.75 Å². The highest BCUT2D eigenvalue weighted by Gasteiger charge is 2.16. The maximum Gasteiger partial charge on any atom is 0.133 e. The second-order valence-corrected chi connectivity index (χ2v) is 6.91. The second-order valence-electron chi connectivity index (χ2n) is 4.28. The quantitative estimate of drug-likeness (QED) is 0.665. The molecule has 0 saturated heterocycles. The van der Waals surface area contributed by atoms with E-state index in [2.05, 4.69) is 77.4 Å². The minimum Gasteiger partial charge on any atom is -0.496 e. The third-order valence-electron chi connectivity index (χ3n) is 3.07. The summed E-state index contributed by atoms with van der Waals surface area (Å²) in [4.78, 5) is 0. The molecule has 0 aromatic heterocycles. The Hall–Kier alpha value is -0.360. The topological polar surface area (TPSA) is 21.3 Å². The van der Waals surface area contributed by atoms with Crippen LogP contribution in [0.4, 0.5) is 0 Å². The number of hydrogen-bond acceptors (Lipinski definition) is 2. The van der Waals surface area contributed by atoms with E-state index in [9.17, 15) is 0 Å². The van der Waals surface area contributed by atoms with Crippen LogP contribution in [0.2, 0.25) is 0 Å². The lowest BCUT2D eigenvalue weighted by atomic mass is 9.99. The number of nitrogens with one attached hydrogen (secondary N) is 1. The van der Waals surface area contributed by atoms with E-state index in [4.69, 9.17) is 4.74 Å². The van der Waals surface area contributed by atoms with E-state index in [1.54, 1.807) is 7.11 Å². The van der Waals surface area contributed by atoms with Crippen LogP contribution in [0, 0.1) is 0 Å². The molecule has 0 spiro atoms. The Labute approximate surface area is 144 Å². The van der Waals surface area contributed by atoms with E-state index in [0.29, 0.717) is 0 Å². The van der Waals surface area contributed by atoms with E-state index in [1.807, 2.05) is 19.2 Å². The average Bonchev–Trinajstić information content (AvgIpc) is 2.42. The van der Waals surface area contributed by atoms with Crippen LogP contribution >= 0.6 is 47.8 Å². The summed E-state index contributed by atoms with van der Waals surface area (Å²) in [6, 6.07) is 12.4. The molecule has 0 saturated carbocycles. The van der Waals surface area contributed by atoms with Crippen molar-refractivity contribution in [2.45, 2.75) is 6.04 Å². The van der Waals surface area contributed by atoms with Crippen molar-refractivity contribution in [2.75, 3.05) is 14.2 Å². The Kier molecular flexibility index (Phi) is 5.66. The number of halogens is 3. The molecule has 20 heavy (non-hydrogen) atoms. The lowest BCUT2D eigenvalue weighted by Crippen LogP contribution is -2.18. The highest BCUT2D eigenvalue weighted by atomic mass is 79.9. The third-order valence-corrected chi connectivity index (χ3v) is 4.87. The highest BCUT2D eigenvalue weighted by molar-refractivity contribution is 9.11. The van der Waals surface area contributed by atoms with Gasteiger partial charge in [-0.1, -0.05) is 44.0 Å². The maximum absolute atomic E-state index is 5.28. The Bertz CT molecular complexity index is 616. The van der Waals surface area contributed by atoms with Gasteiger partial charge in [0.1, 0.15) is 5.75 Å². The summed E-state index contributed by atoms with van der Waals surface area (Å²) < 4.78 is 8.35. The smallest absolute Gasteiger partial charge is 0.133 e. The van der Waals surface area contributed by atoms with Crippen molar-refractivity contribution < 1.29 is 4.74 Å². The molecule has 1 N–H and O–H groups in total. The molecule has 1 atom stereocenters. The van der Waals surface area contributed by atoms with E-state index >= 15 is 0 Å². The molecule has 106 valence electrons. The fourth-order valence-electron chi connectivity index (χ4n) is 2.10. The first-order valence-electron chi connectivity index (χ1n) is 6.02. The van der Waals surface area contributed by atoms with Crippen molar-refractivity contribution >= 4 is 47.8 Å². The van der Waals surface area contributed by atoms with E-state index in [0.717, 1.165) is 19.2 Å². The molecule has 2 aromatic carbocycles. The molecular formula is C15H14Br3NO. The third kappa shape index (κ3) is 3.45. The molecule has 0 aliphatic rings. The molecule has 0 fully saturated rings. The van der Waals surface area contributed by atoms with Gasteiger partial charge in [-0.15, -0.1) is 0 Å². The zero-order valence-electron chi connectivity index (χ0n) is 11.1. The molecule has 0 aliphatic carbocycles. The van der Waals surface area contributed by atoms with Crippen molar-refractivity contribution in [3.8, 4) is 5.75 Å². The van der Waals surface area contributed by atoms with E-state index in [1.165, 1.54) is 11.1 Å². The SMILES string of the molecule is CNC(c1ccc(OC)c(Br)c1)c1ccc(Br)cc1Br. The largest absolute Gasteiger partial charge is 0.496 e. The number of ether oxygens (including phenoxy) is 1. The summed E-state index contributed by atoms with van der Waals surface area (Å²) in [7, 11) is 3.62. The van der Waals surface area contributed by atoms with Gasteiger partial charge < -0.3 is 10.1 Å². The minimum absolute atomic E-state index is 0.111. The van der Waals surface area contributed by atoms with Gasteiger partial charge in [-0.3, -0.25) is 0 Å². The summed E-state index contributed by atoms with van der Waals surface area (Å²) in [5, 5.41) is 3.35. The van der Waals surface area contributed by atoms with Gasteiger partial charge in [-0.25, -0.2) is 0 Å². The fourth-order valence-corrected chi connectivity index (χ4v) is 3.93. The fraction of sp³-hybridized carbons (Fsp3) is 0.200. The minimum atomic E-state index is 0.111. The molecule has 0 radical (unpaired) electrons. The van der Waals surface area contributed by atoms with Crippen molar-refractivity contribution in [2.24, 2.45) is 0 Å². The number of rotatable bonds is 4. The molecular weight excluding hydrogens is 450 g/mol.